The molecule has 8 heteroatoms. The second-order valence-corrected chi connectivity index (χ2v) is 6.17. The number of halogens is 2. The summed E-state index contributed by atoms with van der Waals surface area (Å²) in [5, 5.41) is 11.6. The lowest BCUT2D eigenvalue weighted by Crippen LogP contribution is -2.38. The SMILES string of the molecule is N#Cc1ccc(N2CCC(C(=O)Nc3ccc(OC(F)F)cc3)CC2)nc1. The predicted molar refractivity (Wildman–Crippen MR) is 95.6 cm³/mol. The van der Waals surface area contributed by atoms with Crippen molar-refractivity contribution in [3.05, 3.63) is 48.2 Å². The van der Waals surface area contributed by atoms with Gasteiger partial charge in [0.2, 0.25) is 5.91 Å². The van der Waals surface area contributed by atoms with E-state index in [1.165, 1.54) is 30.5 Å². The van der Waals surface area contributed by atoms with E-state index in [-0.39, 0.29) is 17.6 Å². The molecule has 2 heterocycles. The monoisotopic (exact) mass is 372 g/mol. The lowest BCUT2D eigenvalue weighted by atomic mass is 9.95. The average Bonchev–Trinajstić information content (AvgIpc) is 2.69. The van der Waals surface area contributed by atoms with Gasteiger partial charge in [0.25, 0.3) is 0 Å². The minimum Gasteiger partial charge on any atom is -0.435 e. The van der Waals surface area contributed by atoms with Crippen LogP contribution < -0.4 is 15.0 Å². The number of amides is 1. The summed E-state index contributed by atoms with van der Waals surface area (Å²) in [6.45, 7) is -1.49. The maximum absolute atomic E-state index is 12.4. The van der Waals surface area contributed by atoms with Gasteiger partial charge in [-0.25, -0.2) is 4.98 Å². The smallest absolute Gasteiger partial charge is 0.387 e. The number of aromatic nitrogens is 1. The van der Waals surface area contributed by atoms with Crippen LogP contribution in [0.25, 0.3) is 0 Å². The minimum atomic E-state index is -2.87. The quantitative estimate of drug-likeness (QED) is 0.870. The molecule has 0 atom stereocenters. The van der Waals surface area contributed by atoms with Gasteiger partial charge in [0.15, 0.2) is 0 Å². The van der Waals surface area contributed by atoms with E-state index in [9.17, 15) is 13.6 Å². The molecule has 140 valence electrons. The van der Waals surface area contributed by atoms with Crippen LogP contribution in [0.3, 0.4) is 0 Å². The number of piperidine rings is 1. The Kier molecular flexibility index (Phi) is 5.81. The van der Waals surface area contributed by atoms with Crippen molar-refractivity contribution < 1.29 is 18.3 Å². The number of alkyl halides is 2. The summed E-state index contributed by atoms with van der Waals surface area (Å²) in [4.78, 5) is 18.8. The summed E-state index contributed by atoms with van der Waals surface area (Å²) < 4.78 is 28.6. The highest BCUT2D eigenvalue weighted by Gasteiger charge is 2.25. The van der Waals surface area contributed by atoms with E-state index in [0.717, 1.165) is 5.82 Å². The van der Waals surface area contributed by atoms with Crippen LogP contribution in [0.1, 0.15) is 18.4 Å². The van der Waals surface area contributed by atoms with E-state index in [4.69, 9.17) is 5.26 Å². The number of pyridine rings is 1. The van der Waals surface area contributed by atoms with Crippen molar-refractivity contribution in [1.82, 2.24) is 4.98 Å². The number of rotatable bonds is 5. The number of carbonyl (C=O) groups is 1. The highest BCUT2D eigenvalue weighted by atomic mass is 19.3. The lowest BCUT2D eigenvalue weighted by molar-refractivity contribution is -0.120. The fourth-order valence-corrected chi connectivity index (χ4v) is 2.97. The highest BCUT2D eigenvalue weighted by Crippen LogP contribution is 2.24. The van der Waals surface area contributed by atoms with Gasteiger partial charge in [0.1, 0.15) is 17.6 Å². The second kappa shape index (κ2) is 8.45. The number of nitrogens with zero attached hydrogens (tertiary/aromatic N) is 3. The molecule has 1 amide bonds. The van der Waals surface area contributed by atoms with Crippen molar-refractivity contribution in [2.75, 3.05) is 23.3 Å². The summed E-state index contributed by atoms with van der Waals surface area (Å²) >= 11 is 0. The standard InChI is InChI=1S/C19H18F2N4O2/c20-19(21)27-16-4-2-15(3-5-16)24-18(26)14-7-9-25(10-8-14)17-6-1-13(11-22)12-23-17/h1-6,12,14,19H,7-10H2,(H,24,26). The first-order valence-corrected chi connectivity index (χ1v) is 8.52. The molecule has 6 nitrogen and oxygen atoms in total. The predicted octanol–water partition coefficient (Wildman–Crippen LogP) is 3.41. The van der Waals surface area contributed by atoms with E-state index >= 15 is 0 Å². The van der Waals surface area contributed by atoms with Crippen molar-refractivity contribution in [2.24, 2.45) is 5.92 Å². The number of carbonyl (C=O) groups excluding carboxylic acids is 1. The Hall–Kier alpha value is -3.21. The maximum atomic E-state index is 12.4. The number of hydrogen-bond donors (Lipinski definition) is 1. The summed E-state index contributed by atoms with van der Waals surface area (Å²) in [6, 6.07) is 11.4. The first-order chi connectivity index (χ1) is 13.0. The van der Waals surface area contributed by atoms with E-state index in [1.54, 1.807) is 6.07 Å². The molecular formula is C19H18F2N4O2. The van der Waals surface area contributed by atoms with Crippen LogP contribution in [0.4, 0.5) is 20.3 Å². The Morgan fingerprint density at radius 1 is 1.22 bits per heavy atom. The fourth-order valence-electron chi connectivity index (χ4n) is 2.97. The molecule has 1 aliphatic heterocycles. The maximum Gasteiger partial charge on any atom is 0.387 e. The fraction of sp³-hybridized carbons (Fsp3) is 0.316. The zero-order chi connectivity index (χ0) is 19.2. The minimum absolute atomic E-state index is 0.0474. The Morgan fingerprint density at radius 2 is 1.93 bits per heavy atom. The van der Waals surface area contributed by atoms with Crippen LogP contribution in [0, 0.1) is 17.2 Å². The lowest BCUT2D eigenvalue weighted by Gasteiger charge is -2.32. The van der Waals surface area contributed by atoms with E-state index in [0.29, 0.717) is 37.2 Å². The van der Waals surface area contributed by atoms with Gasteiger partial charge in [-0.2, -0.15) is 14.0 Å². The van der Waals surface area contributed by atoms with Crippen LogP contribution in [-0.2, 0) is 4.79 Å². The van der Waals surface area contributed by atoms with Crippen LogP contribution in [-0.4, -0.2) is 30.6 Å². The molecule has 1 aliphatic rings. The number of nitriles is 1. The molecule has 1 aromatic carbocycles. The van der Waals surface area contributed by atoms with Crippen molar-refractivity contribution in [2.45, 2.75) is 19.5 Å². The summed E-state index contributed by atoms with van der Waals surface area (Å²) in [7, 11) is 0. The summed E-state index contributed by atoms with van der Waals surface area (Å²) in [5.74, 6) is 0.621. The van der Waals surface area contributed by atoms with Crippen molar-refractivity contribution >= 4 is 17.4 Å². The molecule has 1 saturated heterocycles. The number of benzene rings is 1. The normalized spacial score (nSPS) is 14.7. The largest absolute Gasteiger partial charge is 0.435 e. The van der Waals surface area contributed by atoms with E-state index in [2.05, 4.69) is 19.9 Å². The van der Waals surface area contributed by atoms with Gasteiger partial charge < -0.3 is 15.0 Å². The Morgan fingerprint density at radius 3 is 2.48 bits per heavy atom. The molecule has 0 unspecified atom stereocenters. The molecule has 27 heavy (non-hydrogen) atoms. The van der Waals surface area contributed by atoms with E-state index in [1.807, 2.05) is 12.1 Å². The van der Waals surface area contributed by atoms with Gasteiger partial charge in [-0.15, -0.1) is 0 Å². The van der Waals surface area contributed by atoms with Crippen molar-refractivity contribution in [3.63, 3.8) is 0 Å². The summed E-state index contributed by atoms with van der Waals surface area (Å²) in [6.07, 6.45) is 2.90. The van der Waals surface area contributed by atoms with Crippen LogP contribution >= 0.6 is 0 Å². The molecular weight excluding hydrogens is 354 g/mol. The van der Waals surface area contributed by atoms with Gasteiger partial charge in [-0.1, -0.05) is 0 Å². The van der Waals surface area contributed by atoms with Gasteiger partial charge in [0, 0.05) is 30.9 Å². The Balaban J connectivity index is 1.51. The van der Waals surface area contributed by atoms with Crippen molar-refractivity contribution in [1.29, 1.82) is 5.26 Å². The number of nitrogens with one attached hydrogen (secondary N) is 1. The third-order valence-corrected chi connectivity index (χ3v) is 4.41. The van der Waals surface area contributed by atoms with E-state index < -0.39 is 6.61 Å². The molecule has 1 N–H and O–H groups in total. The molecule has 0 saturated carbocycles. The van der Waals surface area contributed by atoms with Crippen LogP contribution in [0.15, 0.2) is 42.6 Å². The average molecular weight is 372 g/mol. The molecule has 3 rings (SSSR count). The van der Waals surface area contributed by atoms with Gasteiger partial charge in [-0.05, 0) is 49.2 Å². The number of ether oxygens (including phenoxy) is 1. The zero-order valence-corrected chi connectivity index (χ0v) is 14.4. The van der Waals surface area contributed by atoms with Crippen LogP contribution in [0.5, 0.6) is 5.75 Å². The molecule has 0 aliphatic carbocycles. The number of hydrogen-bond acceptors (Lipinski definition) is 5. The molecule has 0 spiro atoms. The molecule has 0 bridgehead atoms. The molecule has 0 radical (unpaired) electrons. The molecule has 2 aromatic rings. The van der Waals surface area contributed by atoms with Gasteiger partial charge in [-0.3, -0.25) is 4.79 Å². The van der Waals surface area contributed by atoms with Gasteiger partial charge >= 0.3 is 6.61 Å². The first-order valence-electron chi connectivity index (χ1n) is 8.52. The summed E-state index contributed by atoms with van der Waals surface area (Å²) in [5.41, 5.74) is 1.05. The van der Waals surface area contributed by atoms with Gasteiger partial charge in [0.05, 0.1) is 5.56 Å². The Labute approximate surface area is 155 Å². The highest BCUT2D eigenvalue weighted by molar-refractivity contribution is 5.92. The molecule has 1 fully saturated rings. The third-order valence-electron chi connectivity index (χ3n) is 4.41. The number of anilines is 2. The first kappa shape index (κ1) is 18.6. The van der Waals surface area contributed by atoms with Crippen molar-refractivity contribution in [3.8, 4) is 11.8 Å². The third kappa shape index (κ3) is 4.91. The second-order valence-electron chi connectivity index (χ2n) is 6.17. The topological polar surface area (TPSA) is 78.2 Å². The zero-order valence-electron chi connectivity index (χ0n) is 14.4. The van der Waals surface area contributed by atoms with Crippen LogP contribution in [0.2, 0.25) is 0 Å². The molecule has 1 aromatic heterocycles. The Bertz CT molecular complexity index is 811.